The zero-order chi connectivity index (χ0) is 21.7. The maximum absolute atomic E-state index is 13.2. The van der Waals surface area contributed by atoms with Crippen LogP contribution in [0.3, 0.4) is 0 Å². The summed E-state index contributed by atoms with van der Waals surface area (Å²) in [4.78, 5) is 38.6. The lowest BCUT2D eigenvalue weighted by Gasteiger charge is -2.29. The van der Waals surface area contributed by atoms with E-state index in [-0.39, 0.29) is 12.4 Å². The summed E-state index contributed by atoms with van der Waals surface area (Å²) in [6.45, 7) is 1.96. The Morgan fingerprint density at radius 2 is 2.03 bits per heavy atom. The minimum Gasteiger partial charge on any atom is -0.480 e. The van der Waals surface area contributed by atoms with Crippen molar-refractivity contribution < 1.29 is 28.4 Å². The van der Waals surface area contributed by atoms with E-state index in [0.717, 1.165) is 5.56 Å². The van der Waals surface area contributed by atoms with E-state index in [1.54, 1.807) is 6.92 Å². The fourth-order valence-corrected chi connectivity index (χ4v) is 5.87. The first-order chi connectivity index (χ1) is 14.4. The number of nitrogens with zero attached hydrogens (tertiary/aromatic N) is 1. The normalized spacial score (nSPS) is 27.2. The molecule has 2 N–H and O–H groups in total. The molecule has 8 nitrogen and oxygen atoms in total. The van der Waals surface area contributed by atoms with Gasteiger partial charge in [0.25, 0.3) is 0 Å². The summed E-state index contributed by atoms with van der Waals surface area (Å²) in [5.74, 6) is -2.02. The molecule has 0 bridgehead atoms. The molecule has 2 aliphatic rings. The number of hydrogen-bond acceptors (Lipinski definition) is 6. The average Bonchev–Trinajstić information content (AvgIpc) is 2.97. The Hall–Kier alpha value is -2.26. The van der Waals surface area contributed by atoms with Gasteiger partial charge in [0.1, 0.15) is 17.5 Å². The number of hydrogen-bond donors (Lipinski definition) is 2. The molecule has 0 aromatic heterocycles. The van der Waals surface area contributed by atoms with Gasteiger partial charge in [-0.3, -0.25) is 19.1 Å². The first-order valence-corrected chi connectivity index (χ1v) is 11.7. The van der Waals surface area contributed by atoms with Gasteiger partial charge in [-0.25, -0.2) is 4.79 Å². The molecule has 1 aromatic carbocycles. The molecule has 3 rings (SSSR count). The number of rotatable bonds is 8. The zero-order valence-electron chi connectivity index (χ0n) is 17.0. The van der Waals surface area contributed by atoms with Gasteiger partial charge in [0.15, 0.2) is 0 Å². The van der Waals surface area contributed by atoms with Crippen LogP contribution in [0.25, 0.3) is 0 Å². The predicted octanol–water partition coefficient (Wildman–Crippen LogP) is 1.06. The largest absolute Gasteiger partial charge is 0.480 e. The number of carbonyl (C=O) groups is 3. The summed E-state index contributed by atoms with van der Waals surface area (Å²) >= 11 is 0. The molecular formula is C21H28N2O6S. The van der Waals surface area contributed by atoms with Crippen molar-refractivity contribution in [3.63, 3.8) is 0 Å². The highest BCUT2D eigenvalue weighted by atomic mass is 32.2. The van der Waals surface area contributed by atoms with Gasteiger partial charge in [-0.1, -0.05) is 30.3 Å². The maximum atomic E-state index is 13.2. The number of benzene rings is 1. The number of nitrogens with one attached hydrogen (secondary N) is 1. The minimum atomic E-state index is -1.38. The third kappa shape index (κ3) is 5.07. The Balaban J connectivity index is 1.75. The van der Waals surface area contributed by atoms with Crippen LogP contribution in [-0.2, 0) is 36.3 Å². The monoisotopic (exact) mass is 436 g/mol. The highest BCUT2D eigenvalue weighted by Gasteiger charge is 2.49. The van der Waals surface area contributed by atoms with E-state index in [1.165, 1.54) is 4.90 Å². The number of ether oxygens (including phenoxy) is 1. The first kappa shape index (κ1) is 22.4. The number of aliphatic carboxylic acids is 1. The Morgan fingerprint density at radius 1 is 1.30 bits per heavy atom. The van der Waals surface area contributed by atoms with Crippen molar-refractivity contribution in [3.8, 4) is 0 Å². The van der Waals surface area contributed by atoms with E-state index in [1.807, 2.05) is 30.3 Å². The van der Waals surface area contributed by atoms with Crippen LogP contribution in [0.5, 0.6) is 0 Å². The van der Waals surface area contributed by atoms with Gasteiger partial charge in [0.2, 0.25) is 5.91 Å². The summed E-state index contributed by atoms with van der Waals surface area (Å²) in [6, 6.07) is 7.23. The molecule has 1 aromatic rings. The minimum absolute atomic E-state index is 0.0478. The number of aryl methyl sites for hydroxylation is 1. The van der Waals surface area contributed by atoms with Crippen molar-refractivity contribution in [3.05, 3.63) is 35.9 Å². The summed E-state index contributed by atoms with van der Waals surface area (Å²) in [5, 5.41) is 12.0. The molecule has 0 spiro atoms. The van der Waals surface area contributed by atoms with Crippen molar-refractivity contribution >= 4 is 28.6 Å². The van der Waals surface area contributed by atoms with Crippen molar-refractivity contribution in [2.24, 2.45) is 0 Å². The van der Waals surface area contributed by atoms with Gasteiger partial charge in [-0.15, -0.1) is 0 Å². The lowest BCUT2D eigenvalue weighted by molar-refractivity contribution is -0.151. The molecule has 0 radical (unpaired) electrons. The van der Waals surface area contributed by atoms with Crippen molar-refractivity contribution in [2.45, 2.75) is 62.5 Å². The van der Waals surface area contributed by atoms with Crippen LogP contribution in [0.2, 0.25) is 0 Å². The molecule has 2 heterocycles. The second-order valence-electron chi connectivity index (χ2n) is 7.58. The lowest BCUT2D eigenvalue weighted by Crippen LogP contribution is -2.55. The molecule has 5 unspecified atom stereocenters. The second-order valence-corrected chi connectivity index (χ2v) is 9.22. The summed E-state index contributed by atoms with van der Waals surface area (Å²) in [6.07, 6.45) is 2.65. The summed E-state index contributed by atoms with van der Waals surface area (Å²) in [5.41, 5.74) is 1.07. The number of carbonyl (C=O) groups excluding carboxylic acids is 2. The molecule has 9 heteroatoms. The van der Waals surface area contributed by atoms with Crippen molar-refractivity contribution in [1.29, 1.82) is 0 Å². The van der Waals surface area contributed by atoms with Crippen LogP contribution in [0.1, 0.15) is 38.2 Å². The quantitative estimate of drug-likeness (QED) is 0.586. The average molecular weight is 437 g/mol. The van der Waals surface area contributed by atoms with E-state index in [9.17, 15) is 23.7 Å². The molecule has 5 atom stereocenters. The number of carboxylic acid groups (broad SMARTS) is 1. The Morgan fingerprint density at radius 3 is 2.70 bits per heavy atom. The van der Waals surface area contributed by atoms with Crippen LogP contribution in [0, 0.1) is 0 Å². The molecule has 2 aliphatic heterocycles. The smallest absolute Gasteiger partial charge is 0.327 e. The standard InChI is InChI=1S/C21H28N2O6S/c1-2-29-21(27)16(12-11-14-7-4-3-5-8-14)22-15-9-6-10-18-23(19(15)24)17(20(25)26)13-30(18)28/h3-5,7-8,15-18,22H,2,6,9-13H2,1H3,(H,25,26). The van der Waals surface area contributed by atoms with Gasteiger partial charge < -0.3 is 14.7 Å². The predicted molar refractivity (Wildman–Crippen MR) is 111 cm³/mol. The van der Waals surface area contributed by atoms with Crippen LogP contribution >= 0.6 is 0 Å². The number of fused-ring (bicyclic) bond motifs is 1. The maximum Gasteiger partial charge on any atom is 0.327 e. The molecule has 2 fully saturated rings. The van der Waals surface area contributed by atoms with Crippen molar-refractivity contribution in [1.82, 2.24) is 10.2 Å². The molecule has 30 heavy (non-hydrogen) atoms. The van der Waals surface area contributed by atoms with Crippen LogP contribution in [0.15, 0.2) is 30.3 Å². The molecule has 0 saturated carbocycles. The Kier molecular flexibility index (Phi) is 7.60. The van der Waals surface area contributed by atoms with Crippen LogP contribution in [-0.4, -0.2) is 67.9 Å². The van der Waals surface area contributed by atoms with Crippen LogP contribution in [0.4, 0.5) is 0 Å². The van der Waals surface area contributed by atoms with Gasteiger partial charge in [-0.2, -0.15) is 0 Å². The van der Waals surface area contributed by atoms with Gasteiger partial charge >= 0.3 is 11.9 Å². The van der Waals surface area contributed by atoms with Gasteiger partial charge in [0.05, 0.1) is 18.4 Å². The summed E-state index contributed by atoms with van der Waals surface area (Å²) < 4.78 is 17.6. The van der Waals surface area contributed by atoms with E-state index < -0.39 is 52.1 Å². The Labute approximate surface area is 178 Å². The number of carboxylic acids is 1. The van der Waals surface area contributed by atoms with Crippen molar-refractivity contribution in [2.75, 3.05) is 12.4 Å². The first-order valence-electron chi connectivity index (χ1n) is 10.3. The van der Waals surface area contributed by atoms with Gasteiger partial charge in [-0.05, 0) is 44.6 Å². The third-order valence-corrected chi connectivity index (χ3v) is 7.31. The lowest BCUT2D eigenvalue weighted by atomic mass is 10.0. The molecular weight excluding hydrogens is 408 g/mol. The number of esters is 1. The molecule has 0 aliphatic carbocycles. The third-order valence-electron chi connectivity index (χ3n) is 5.59. The number of amides is 1. The molecule has 1 amide bonds. The second kappa shape index (κ2) is 10.2. The fourth-order valence-electron chi connectivity index (χ4n) is 4.10. The topological polar surface area (TPSA) is 113 Å². The van der Waals surface area contributed by atoms with Gasteiger partial charge in [0, 0.05) is 10.8 Å². The highest BCUT2D eigenvalue weighted by Crippen LogP contribution is 2.29. The van der Waals surface area contributed by atoms with E-state index in [0.29, 0.717) is 32.1 Å². The molecule has 164 valence electrons. The highest BCUT2D eigenvalue weighted by molar-refractivity contribution is 7.86. The summed E-state index contributed by atoms with van der Waals surface area (Å²) in [7, 11) is -1.38. The molecule has 2 saturated heterocycles. The zero-order valence-corrected chi connectivity index (χ0v) is 17.8. The van der Waals surface area contributed by atoms with E-state index in [2.05, 4.69) is 5.32 Å². The Bertz CT molecular complexity index is 802. The SMILES string of the molecule is CCOC(=O)C(CCc1ccccc1)NC1CCCC2N(C1=O)C(C(=O)O)CS2=O. The van der Waals surface area contributed by atoms with E-state index in [4.69, 9.17) is 4.74 Å². The van der Waals surface area contributed by atoms with E-state index >= 15 is 0 Å². The fraction of sp³-hybridized carbons (Fsp3) is 0.571. The van der Waals surface area contributed by atoms with Crippen LogP contribution < -0.4 is 5.32 Å².